The van der Waals surface area contributed by atoms with Crippen LogP contribution in [0.25, 0.3) is 16.7 Å². The lowest BCUT2D eigenvalue weighted by Gasteiger charge is -2.09. The van der Waals surface area contributed by atoms with Gasteiger partial charge in [-0.15, -0.1) is 0 Å². The Morgan fingerprint density at radius 3 is 2.62 bits per heavy atom. The molecule has 1 heterocycles. The lowest BCUT2D eigenvalue weighted by Crippen LogP contribution is -2.01. The molecule has 3 aromatic rings. The average molecular weight is 401 g/mol. The number of halogens is 3. The van der Waals surface area contributed by atoms with Gasteiger partial charge in [0, 0.05) is 12.1 Å². The van der Waals surface area contributed by atoms with Crippen molar-refractivity contribution in [3.05, 3.63) is 45.5 Å². The molecule has 108 valence electrons. The van der Waals surface area contributed by atoms with Crippen LogP contribution in [0.15, 0.2) is 30.3 Å². The predicted octanol–water partition coefficient (Wildman–Crippen LogP) is 3.50. The molecule has 1 aromatic heterocycles. The lowest BCUT2D eigenvalue weighted by atomic mass is 10.2. The van der Waals surface area contributed by atoms with Crippen molar-refractivity contribution in [1.82, 2.24) is 9.55 Å². The van der Waals surface area contributed by atoms with E-state index in [0.717, 1.165) is 0 Å². The monoisotopic (exact) mass is 401 g/mol. The van der Waals surface area contributed by atoms with Crippen molar-refractivity contribution < 1.29 is 13.5 Å². The second-order valence-corrected chi connectivity index (χ2v) is 5.54. The van der Waals surface area contributed by atoms with Gasteiger partial charge in [0.2, 0.25) is 5.95 Å². The van der Waals surface area contributed by atoms with Crippen LogP contribution in [0.2, 0.25) is 0 Å². The Morgan fingerprint density at radius 1 is 1.19 bits per heavy atom. The number of aromatic nitrogens is 2. The number of methoxy groups -OCH3 is 1. The smallest absolute Gasteiger partial charge is 0.205 e. The summed E-state index contributed by atoms with van der Waals surface area (Å²) in [5, 5.41) is 0. The highest BCUT2D eigenvalue weighted by Gasteiger charge is 2.14. The van der Waals surface area contributed by atoms with Gasteiger partial charge in [-0.3, -0.25) is 4.57 Å². The molecular weight excluding hydrogens is 391 g/mol. The van der Waals surface area contributed by atoms with Crippen molar-refractivity contribution in [1.29, 1.82) is 0 Å². The third-order valence-electron chi connectivity index (χ3n) is 3.12. The van der Waals surface area contributed by atoms with E-state index in [1.165, 1.54) is 29.9 Å². The summed E-state index contributed by atoms with van der Waals surface area (Å²) in [4.78, 5) is 4.18. The van der Waals surface area contributed by atoms with Crippen molar-refractivity contribution in [2.45, 2.75) is 0 Å². The molecule has 7 heteroatoms. The first kappa shape index (κ1) is 14.1. The number of nitrogen functional groups attached to an aromatic ring is 1. The summed E-state index contributed by atoms with van der Waals surface area (Å²) >= 11 is 1.88. The number of hydrogen-bond donors (Lipinski definition) is 1. The van der Waals surface area contributed by atoms with E-state index in [2.05, 4.69) is 4.98 Å². The molecule has 4 nitrogen and oxygen atoms in total. The van der Waals surface area contributed by atoms with Gasteiger partial charge in [0.15, 0.2) is 11.6 Å². The minimum atomic E-state index is -0.526. The summed E-state index contributed by atoms with van der Waals surface area (Å²) in [6.07, 6.45) is 0. The molecule has 0 saturated heterocycles. The van der Waals surface area contributed by atoms with Crippen LogP contribution < -0.4 is 10.5 Å². The van der Waals surface area contributed by atoms with Gasteiger partial charge in [-0.25, -0.2) is 13.8 Å². The topological polar surface area (TPSA) is 53.1 Å². The number of fused-ring (bicyclic) bond motifs is 1. The number of nitrogens with zero attached hydrogens (tertiary/aromatic N) is 2. The van der Waals surface area contributed by atoms with Crippen LogP contribution in [0.3, 0.4) is 0 Å². The van der Waals surface area contributed by atoms with E-state index >= 15 is 0 Å². The molecule has 0 aliphatic carbocycles. The van der Waals surface area contributed by atoms with Gasteiger partial charge in [0.05, 0.1) is 27.4 Å². The summed E-state index contributed by atoms with van der Waals surface area (Å²) in [5.41, 5.74) is 7.36. The first-order valence-corrected chi connectivity index (χ1v) is 7.06. The van der Waals surface area contributed by atoms with Crippen LogP contribution in [0.5, 0.6) is 5.75 Å². The summed E-state index contributed by atoms with van der Waals surface area (Å²) in [6, 6.07) is 7.32. The molecule has 0 spiro atoms. The van der Waals surface area contributed by atoms with E-state index in [-0.39, 0.29) is 17.5 Å². The number of anilines is 1. The fraction of sp³-hybridized carbons (Fsp3) is 0.0714. The van der Waals surface area contributed by atoms with Crippen LogP contribution in [-0.2, 0) is 0 Å². The van der Waals surface area contributed by atoms with Crippen molar-refractivity contribution in [3.63, 3.8) is 0 Å². The maximum absolute atomic E-state index is 13.8. The normalized spacial score (nSPS) is 11.0. The van der Waals surface area contributed by atoms with E-state index in [1.54, 1.807) is 12.1 Å². The molecule has 0 aliphatic rings. The number of nitrogens with two attached hydrogens (primary N) is 1. The maximum Gasteiger partial charge on any atom is 0.205 e. The summed E-state index contributed by atoms with van der Waals surface area (Å²) < 4.78 is 34.4. The fourth-order valence-electron chi connectivity index (χ4n) is 2.16. The Kier molecular flexibility index (Phi) is 3.44. The highest BCUT2D eigenvalue weighted by molar-refractivity contribution is 14.1. The fourth-order valence-corrected chi connectivity index (χ4v) is 2.61. The molecular formula is C14H10F2IN3O. The summed E-state index contributed by atoms with van der Waals surface area (Å²) in [7, 11) is 1.39. The van der Waals surface area contributed by atoms with E-state index in [9.17, 15) is 8.78 Å². The Labute approximate surface area is 132 Å². The van der Waals surface area contributed by atoms with E-state index in [0.29, 0.717) is 20.3 Å². The highest BCUT2D eigenvalue weighted by Crippen LogP contribution is 2.28. The molecule has 0 amide bonds. The zero-order chi connectivity index (χ0) is 15.1. The first-order chi connectivity index (χ1) is 10.0. The third kappa shape index (κ3) is 2.31. The van der Waals surface area contributed by atoms with Gasteiger partial charge in [-0.2, -0.15) is 0 Å². The highest BCUT2D eigenvalue weighted by atomic mass is 127. The molecule has 2 aromatic carbocycles. The van der Waals surface area contributed by atoms with Crippen LogP contribution in [0, 0.1) is 15.2 Å². The van der Waals surface area contributed by atoms with Crippen molar-refractivity contribution in [3.8, 4) is 11.4 Å². The standard InChI is InChI=1S/C14H10F2IN3O/c1-21-13-3-2-7(4-9(13)16)20-12-5-8(15)10(17)6-11(12)19-14(20)18/h2-6H,1H3,(H2,18,19). The largest absolute Gasteiger partial charge is 0.494 e. The molecule has 0 fully saturated rings. The van der Waals surface area contributed by atoms with Gasteiger partial charge in [-0.05, 0) is 40.8 Å². The first-order valence-electron chi connectivity index (χ1n) is 5.98. The van der Waals surface area contributed by atoms with Crippen LogP contribution in [-0.4, -0.2) is 16.7 Å². The molecule has 21 heavy (non-hydrogen) atoms. The van der Waals surface area contributed by atoms with Crippen LogP contribution in [0.4, 0.5) is 14.7 Å². The molecule has 0 atom stereocenters. The molecule has 0 bridgehead atoms. The molecule has 0 saturated carbocycles. The predicted molar refractivity (Wildman–Crippen MR) is 84.7 cm³/mol. The lowest BCUT2D eigenvalue weighted by molar-refractivity contribution is 0.386. The number of hydrogen-bond acceptors (Lipinski definition) is 3. The second kappa shape index (κ2) is 5.14. The molecule has 2 N–H and O–H groups in total. The Bertz CT molecular complexity index is 848. The van der Waals surface area contributed by atoms with E-state index in [4.69, 9.17) is 10.5 Å². The average Bonchev–Trinajstić information content (AvgIpc) is 2.74. The van der Waals surface area contributed by atoms with Crippen molar-refractivity contribution in [2.75, 3.05) is 12.8 Å². The SMILES string of the molecule is COc1ccc(-n2c(N)nc3cc(I)c(F)cc32)cc1F. The summed E-state index contributed by atoms with van der Waals surface area (Å²) in [5.74, 6) is -0.612. The number of benzene rings is 2. The Balaban J connectivity index is 2.27. The zero-order valence-corrected chi connectivity index (χ0v) is 13.1. The number of ether oxygens (including phenoxy) is 1. The maximum atomic E-state index is 13.8. The molecule has 0 aliphatic heterocycles. The number of imidazole rings is 1. The molecule has 0 unspecified atom stereocenters. The quantitative estimate of drug-likeness (QED) is 0.669. The van der Waals surface area contributed by atoms with E-state index < -0.39 is 5.82 Å². The van der Waals surface area contributed by atoms with Crippen LogP contribution >= 0.6 is 22.6 Å². The van der Waals surface area contributed by atoms with Gasteiger partial charge in [-0.1, -0.05) is 0 Å². The third-order valence-corrected chi connectivity index (χ3v) is 3.94. The molecule has 0 radical (unpaired) electrons. The molecule has 3 rings (SSSR count). The van der Waals surface area contributed by atoms with Gasteiger partial charge in [0.25, 0.3) is 0 Å². The van der Waals surface area contributed by atoms with Crippen LogP contribution in [0.1, 0.15) is 0 Å². The second-order valence-electron chi connectivity index (χ2n) is 4.38. The van der Waals surface area contributed by atoms with Gasteiger partial charge >= 0.3 is 0 Å². The number of rotatable bonds is 2. The minimum Gasteiger partial charge on any atom is -0.494 e. The van der Waals surface area contributed by atoms with Crippen molar-refractivity contribution in [2.24, 2.45) is 0 Å². The zero-order valence-electron chi connectivity index (χ0n) is 10.9. The van der Waals surface area contributed by atoms with Crippen molar-refractivity contribution >= 4 is 39.6 Å². The van der Waals surface area contributed by atoms with Gasteiger partial charge in [0.1, 0.15) is 5.82 Å². The summed E-state index contributed by atoms with van der Waals surface area (Å²) in [6.45, 7) is 0. The minimum absolute atomic E-state index is 0.127. The Hall–Kier alpha value is -1.90. The van der Waals surface area contributed by atoms with E-state index in [1.807, 2.05) is 22.6 Å². The van der Waals surface area contributed by atoms with Gasteiger partial charge < -0.3 is 10.5 Å². The Morgan fingerprint density at radius 2 is 1.95 bits per heavy atom.